The lowest BCUT2D eigenvalue weighted by Gasteiger charge is -2.34. The molecule has 1 aliphatic heterocycles. The molecule has 1 fully saturated rings. The van der Waals surface area contributed by atoms with Crippen molar-refractivity contribution in [1.82, 2.24) is 24.0 Å². The number of carbonyl (C=O) groups excluding carboxylic acids is 2. The fourth-order valence-electron chi connectivity index (χ4n) is 4.93. The molecule has 2 aromatic heterocycles. The topological polar surface area (TPSA) is 144 Å². The molecule has 42 heavy (non-hydrogen) atoms. The number of fused-ring (bicyclic) bond motifs is 1. The number of piperidine rings is 1. The van der Waals surface area contributed by atoms with E-state index in [0.717, 1.165) is 27.5 Å². The van der Waals surface area contributed by atoms with Gasteiger partial charge in [0, 0.05) is 31.2 Å². The van der Waals surface area contributed by atoms with Crippen LogP contribution in [0.5, 0.6) is 0 Å². The lowest BCUT2D eigenvalue weighted by molar-refractivity contribution is 0.0499. The minimum absolute atomic E-state index is 0.0781. The normalized spacial score (nSPS) is 15.2. The average Bonchev–Trinajstić information content (AvgIpc) is 3.31. The van der Waals surface area contributed by atoms with E-state index in [9.17, 15) is 24.4 Å². The number of anilines is 1. The zero-order valence-electron chi connectivity index (χ0n) is 24.7. The second-order valence-electron chi connectivity index (χ2n) is 11.6. The van der Waals surface area contributed by atoms with E-state index in [0.29, 0.717) is 24.6 Å². The number of ketones is 1. The van der Waals surface area contributed by atoms with E-state index in [2.05, 4.69) is 5.32 Å². The summed E-state index contributed by atoms with van der Waals surface area (Å²) in [5.41, 5.74) is -0.491. The number of hydrogen-bond acceptors (Lipinski definition) is 8. The number of Topliss-reactive ketones (excluding diaryl/α,β-unsaturated/α-hetero) is 1. The standard InChI is InChI=1S/C30H37N7O5/c1-20(2)13-16-35-24-25(33-27(35)34-15-9-12-22(18-34)32-28(40)42-30(3,4)5)36(17-14-31)29(41)37(26(24)39)19-23(38)21-10-7-6-8-11-21/h6-8,10-11,13,22H,9,12,15-19H2,1-5H3,(H,32,40). The Kier molecular flexibility index (Phi) is 8.99. The van der Waals surface area contributed by atoms with Crippen LogP contribution >= 0.6 is 0 Å². The van der Waals surface area contributed by atoms with E-state index in [-0.39, 0.29) is 30.3 Å². The SMILES string of the molecule is CC(C)=CCn1c(N2CCCC(NC(=O)OC(C)(C)C)C2)nc2c1c(=O)n(CC(=O)c1ccccc1)c(=O)n2CC#N. The summed E-state index contributed by atoms with van der Waals surface area (Å²) < 4.78 is 9.16. The van der Waals surface area contributed by atoms with Crippen LogP contribution in [-0.2, 0) is 24.4 Å². The number of benzene rings is 1. The van der Waals surface area contributed by atoms with E-state index in [1.807, 2.05) is 30.9 Å². The van der Waals surface area contributed by atoms with Gasteiger partial charge in [0.05, 0.1) is 12.6 Å². The van der Waals surface area contributed by atoms with Gasteiger partial charge in [-0.15, -0.1) is 0 Å². The van der Waals surface area contributed by atoms with E-state index in [1.165, 1.54) is 0 Å². The molecular formula is C30H37N7O5. The van der Waals surface area contributed by atoms with Gasteiger partial charge < -0.3 is 19.5 Å². The summed E-state index contributed by atoms with van der Waals surface area (Å²) in [6.45, 7) is 9.72. The number of allylic oxidation sites excluding steroid dienone is 2. The molecule has 0 spiro atoms. The Morgan fingerprint density at radius 2 is 1.86 bits per heavy atom. The fraction of sp³-hybridized carbons (Fsp3) is 0.467. The number of nitriles is 1. The van der Waals surface area contributed by atoms with Crippen molar-refractivity contribution in [2.45, 2.75) is 78.7 Å². The maximum absolute atomic E-state index is 13.9. The van der Waals surface area contributed by atoms with Crippen LogP contribution < -0.4 is 21.5 Å². The summed E-state index contributed by atoms with van der Waals surface area (Å²) in [5.74, 6) is 0.0360. The molecule has 1 aromatic carbocycles. The zero-order chi connectivity index (χ0) is 30.6. The molecule has 0 aliphatic carbocycles. The molecule has 1 atom stereocenters. The molecule has 1 amide bonds. The molecule has 12 nitrogen and oxygen atoms in total. The number of imidazole rings is 1. The van der Waals surface area contributed by atoms with Crippen LogP contribution in [0.3, 0.4) is 0 Å². The van der Waals surface area contributed by atoms with Gasteiger partial charge in [0.2, 0.25) is 5.95 Å². The molecule has 0 radical (unpaired) electrons. The first-order valence-electron chi connectivity index (χ1n) is 14.0. The second-order valence-corrected chi connectivity index (χ2v) is 11.6. The van der Waals surface area contributed by atoms with Gasteiger partial charge in [0.15, 0.2) is 16.9 Å². The third-order valence-electron chi connectivity index (χ3n) is 6.83. The Balaban J connectivity index is 1.82. The van der Waals surface area contributed by atoms with Crippen molar-refractivity contribution >= 4 is 29.0 Å². The Morgan fingerprint density at radius 3 is 2.50 bits per heavy atom. The highest BCUT2D eigenvalue weighted by Gasteiger charge is 2.29. The minimum Gasteiger partial charge on any atom is -0.444 e. The highest BCUT2D eigenvalue weighted by molar-refractivity contribution is 5.96. The van der Waals surface area contributed by atoms with Crippen molar-refractivity contribution in [2.24, 2.45) is 0 Å². The summed E-state index contributed by atoms with van der Waals surface area (Å²) in [6.07, 6.45) is 2.90. The summed E-state index contributed by atoms with van der Waals surface area (Å²) in [7, 11) is 0. The largest absolute Gasteiger partial charge is 0.444 e. The molecule has 1 saturated heterocycles. The Hall–Kier alpha value is -4.66. The molecule has 1 aliphatic rings. The first kappa shape index (κ1) is 30.3. The lowest BCUT2D eigenvalue weighted by atomic mass is 10.1. The van der Waals surface area contributed by atoms with Crippen molar-refractivity contribution in [2.75, 3.05) is 18.0 Å². The van der Waals surface area contributed by atoms with Gasteiger partial charge >= 0.3 is 11.8 Å². The van der Waals surface area contributed by atoms with Crippen molar-refractivity contribution in [3.05, 3.63) is 68.4 Å². The average molecular weight is 576 g/mol. The van der Waals surface area contributed by atoms with Gasteiger partial charge in [-0.05, 0) is 47.5 Å². The number of amides is 1. The van der Waals surface area contributed by atoms with E-state index >= 15 is 0 Å². The molecule has 3 heterocycles. The first-order chi connectivity index (χ1) is 19.9. The number of carbonyl (C=O) groups is 2. The number of nitrogens with zero attached hydrogens (tertiary/aromatic N) is 6. The van der Waals surface area contributed by atoms with Crippen LogP contribution in [-0.4, -0.2) is 55.3 Å². The molecule has 0 bridgehead atoms. The molecule has 1 unspecified atom stereocenters. The smallest absolute Gasteiger partial charge is 0.407 e. The van der Waals surface area contributed by atoms with Crippen molar-refractivity contribution in [1.29, 1.82) is 5.26 Å². The molecule has 0 saturated carbocycles. The Morgan fingerprint density at radius 1 is 1.14 bits per heavy atom. The van der Waals surface area contributed by atoms with Crippen molar-refractivity contribution in [3.63, 3.8) is 0 Å². The number of hydrogen-bond donors (Lipinski definition) is 1. The Bertz CT molecular complexity index is 1660. The molecule has 3 aromatic rings. The summed E-state index contributed by atoms with van der Waals surface area (Å²) in [5, 5.41) is 12.5. The molecular weight excluding hydrogens is 538 g/mol. The summed E-state index contributed by atoms with van der Waals surface area (Å²) in [6, 6.07) is 10.2. The van der Waals surface area contributed by atoms with Gasteiger partial charge in [-0.2, -0.15) is 10.2 Å². The van der Waals surface area contributed by atoms with Crippen LogP contribution in [0.15, 0.2) is 51.6 Å². The van der Waals surface area contributed by atoms with Gasteiger partial charge in [-0.25, -0.2) is 9.59 Å². The van der Waals surface area contributed by atoms with Crippen LogP contribution in [0, 0.1) is 11.3 Å². The number of nitrogens with one attached hydrogen (secondary N) is 1. The van der Waals surface area contributed by atoms with Gasteiger partial charge in [0.1, 0.15) is 12.1 Å². The summed E-state index contributed by atoms with van der Waals surface area (Å²) in [4.78, 5) is 59.6. The zero-order valence-corrected chi connectivity index (χ0v) is 24.7. The first-order valence-corrected chi connectivity index (χ1v) is 14.0. The maximum atomic E-state index is 13.9. The van der Waals surface area contributed by atoms with Crippen LogP contribution in [0.2, 0.25) is 0 Å². The van der Waals surface area contributed by atoms with Crippen LogP contribution in [0.4, 0.5) is 10.7 Å². The second kappa shape index (κ2) is 12.5. The quantitative estimate of drug-likeness (QED) is 0.318. The molecule has 4 rings (SSSR count). The lowest BCUT2D eigenvalue weighted by Crippen LogP contribution is -2.49. The number of aromatic nitrogens is 4. The van der Waals surface area contributed by atoms with E-state index < -0.39 is 35.3 Å². The molecule has 12 heteroatoms. The van der Waals surface area contributed by atoms with Crippen LogP contribution in [0.1, 0.15) is 57.8 Å². The number of alkyl carbamates (subject to hydrolysis) is 1. The molecule has 222 valence electrons. The Labute approximate surface area is 243 Å². The predicted molar refractivity (Wildman–Crippen MR) is 159 cm³/mol. The van der Waals surface area contributed by atoms with E-state index in [1.54, 1.807) is 55.7 Å². The highest BCUT2D eigenvalue weighted by atomic mass is 16.6. The third-order valence-corrected chi connectivity index (χ3v) is 6.83. The van der Waals surface area contributed by atoms with Crippen molar-refractivity contribution < 1.29 is 14.3 Å². The fourth-order valence-corrected chi connectivity index (χ4v) is 4.93. The van der Waals surface area contributed by atoms with Gasteiger partial charge in [-0.3, -0.25) is 18.7 Å². The minimum atomic E-state index is -0.778. The van der Waals surface area contributed by atoms with Gasteiger partial charge in [0.25, 0.3) is 5.56 Å². The monoisotopic (exact) mass is 575 g/mol. The van der Waals surface area contributed by atoms with Crippen LogP contribution in [0.25, 0.3) is 11.2 Å². The maximum Gasteiger partial charge on any atom is 0.407 e. The summed E-state index contributed by atoms with van der Waals surface area (Å²) >= 11 is 0. The number of ether oxygens (including phenoxy) is 1. The predicted octanol–water partition coefficient (Wildman–Crippen LogP) is 3.23. The highest BCUT2D eigenvalue weighted by Crippen LogP contribution is 2.24. The molecule has 1 N–H and O–H groups in total. The van der Waals surface area contributed by atoms with Crippen molar-refractivity contribution in [3.8, 4) is 6.07 Å². The number of rotatable bonds is 8. The van der Waals surface area contributed by atoms with E-state index in [4.69, 9.17) is 9.72 Å². The van der Waals surface area contributed by atoms with Gasteiger partial charge in [-0.1, -0.05) is 42.0 Å². The third kappa shape index (κ3) is 6.79.